The van der Waals surface area contributed by atoms with Crippen molar-refractivity contribution < 1.29 is 9.90 Å². The van der Waals surface area contributed by atoms with Gasteiger partial charge in [0.15, 0.2) is 0 Å². The van der Waals surface area contributed by atoms with E-state index in [4.69, 9.17) is 5.11 Å². The second kappa shape index (κ2) is 4.83. The van der Waals surface area contributed by atoms with Gasteiger partial charge in [-0.15, -0.1) is 5.92 Å². The van der Waals surface area contributed by atoms with Crippen molar-refractivity contribution in [3.63, 3.8) is 0 Å². The summed E-state index contributed by atoms with van der Waals surface area (Å²) in [5.74, 6) is 4.52. The number of carboxylic acid groups (broad SMARTS) is 1. The molecule has 0 aliphatic carbocycles. The van der Waals surface area contributed by atoms with Gasteiger partial charge in [-0.05, 0) is 13.8 Å². The minimum atomic E-state index is -0.849. The van der Waals surface area contributed by atoms with Crippen LogP contribution in [-0.4, -0.2) is 23.7 Å². The van der Waals surface area contributed by atoms with Gasteiger partial charge in [0, 0.05) is 0 Å². The normalized spacial score (nSPS) is 11.4. The summed E-state index contributed by atoms with van der Waals surface area (Å²) in [7, 11) is 0. The van der Waals surface area contributed by atoms with Gasteiger partial charge < -0.3 is 5.11 Å². The first kappa shape index (κ1) is 8.99. The highest BCUT2D eigenvalue weighted by Crippen LogP contribution is 1.77. The molecule has 0 amide bonds. The number of hydrogen-bond acceptors (Lipinski definition) is 2. The maximum absolute atomic E-state index is 10.2. The first-order chi connectivity index (χ1) is 4.68. The molecule has 2 N–H and O–H groups in total. The lowest BCUT2D eigenvalue weighted by Crippen LogP contribution is -2.33. The van der Waals surface area contributed by atoms with E-state index in [1.807, 2.05) is 0 Å². The highest BCUT2D eigenvalue weighted by Gasteiger charge is 2.06. The monoisotopic (exact) mass is 141 g/mol. The van der Waals surface area contributed by atoms with Crippen LogP contribution in [0.2, 0.25) is 0 Å². The summed E-state index contributed by atoms with van der Waals surface area (Å²) in [6.45, 7) is 3.73. The van der Waals surface area contributed by atoms with Crippen molar-refractivity contribution in [3.8, 4) is 11.8 Å². The largest absolute Gasteiger partial charge is 0.480 e. The molecule has 0 aliphatic rings. The Balaban J connectivity index is 3.46. The summed E-state index contributed by atoms with van der Waals surface area (Å²) in [6, 6.07) is -0.513. The van der Waals surface area contributed by atoms with Crippen molar-refractivity contribution in [2.45, 2.75) is 19.9 Å². The van der Waals surface area contributed by atoms with Crippen LogP contribution in [0.4, 0.5) is 0 Å². The van der Waals surface area contributed by atoms with E-state index in [2.05, 4.69) is 17.2 Å². The van der Waals surface area contributed by atoms with Crippen LogP contribution in [0, 0.1) is 11.8 Å². The zero-order chi connectivity index (χ0) is 7.98. The van der Waals surface area contributed by atoms with Crippen LogP contribution in [0.1, 0.15) is 13.8 Å². The Morgan fingerprint density at radius 2 is 2.40 bits per heavy atom. The van der Waals surface area contributed by atoms with Crippen molar-refractivity contribution >= 4 is 5.97 Å². The number of carboxylic acids is 1. The number of aliphatic carboxylic acids is 1. The lowest BCUT2D eigenvalue weighted by atomic mass is 10.3. The van der Waals surface area contributed by atoms with E-state index in [9.17, 15) is 4.79 Å². The summed E-state index contributed by atoms with van der Waals surface area (Å²) in [5.41, 5.74) is 0. The molecule has 0 aromatic rings. The van der Waals surface area contributed by atoms with Gasteiger partial charge in [0.25, 0.3) is 0 Å². The third kappa shape index (κ3) is 3.93. The SMILES string of the molecule is CC#CCNC(C)C(=O)O. The second-order valence-corrected chi connectivity index (χ2v) is 1.87. The zero-order valence-electron chi connectivity index (χ0n) is 6.14. The fourth-order valence-corrected chi connectivity index (χ4v) is 0.380. The van der Waals surface area contributed by atoms with Gasteiger partial charge in [-0.2, -0.15) is 0 Å². The zero-order valence-corrected chi connectivity index (χ0v) is 6.14. The van der Waals surface area contributed by atoms with Gasteiger partial charge in [-0.1, -0.05) is 5.92 Å². The van der Waals surface area contributed by atoms with E-state index < -0.39 is 12.0 Å². The van der Waals surface area contributed by atoms with Crippen LogP contribution in [0.3, 0.4) is 0 Å². The Morgan fingerprint density at radius 1 is 1.80 bits per heavy atom. The molecule has 3 nitrogen and oxygen atoms in total. The molecule has 0 saturated heterocycles. The predicted molar refractivity (Wildman–Crippen MR) is 38.6 cm³/mol. The van der Waals surface area contributed by atoms with Crippen LogP contribution in [0.25, 0.3) is 0 Å². The average Bonchev–Trinajstić information content (AvgIpc) is 1.88. The minimum Gasteiger partial charge on any atom is -0.480 e. The molecule has 0 aromatic heterocycles. The quantitative estimate of drug-likeness (QED) is 0.547. The van der Waals surface area contributed by atoms with Gasteiger partial charge >= 0.3 is 5.97 Å². The summed E-state index contributed by atoms with van der Waals surface area (Å²) in [4.78, 5) is 10.2. The van der Waals surface area contributed by atoms with Crippen LogP contribution < -0.4 is 5.32 Å². The molecule has 0 fully saturated rings. The van der Waals surface area contributed by atoms with Crippen LogP contribution in [0.15, 0.2) is 0 Å². The maximum atomic E-state index is 10.2. The van der Waals surface area contributed by atoms with E-state index in [0.717, 1.165) is 0 Å². The molecule has 56 valence electrons. The molecule has 0 aromatic carbocycles. The van der Waals surface area contributed by atoms with Crippen molar-refractivity contribution in [2.24, 2.45) is 0 Å². The van der Waals surface area contributed by atoms with E-state index in [1.165, 1.54) is 0 Å². The van der Waals surface area contributed by atoms with Gasteiger partial charge in [-0.3, -0.25) is 10.1 Å². The molecule has 0 bridgehead atoms. The molecular formula is C7H11NO2. The van der Waals surface area contributed by atoms with Crippen molar-refractivity contribution in [3.05, 3.63) is 0 Å². The molecular weight excluding hydrogens is 130 g/mol. The highest BCUT2D eigenvalue weighted by atomic mass is 16.4. The van der Waals surface area contributed by atoms with Crippen LogP contribution in [0.5, 0.6) is 0 Å². The average molecular weight is 141 g/mol. The molecule has 0 radical (unpaired) electrons. The van der Waals surface area contributed by atoms with Crippen molar-refractivity contribution in [1.82, 2.24) is 5.32 Å². The first-order valence-electron chi connectivity index (χ1n) is 3.04. The Morgan fingerprint density at radius 3 is 2.80 bits per heavy atom. The molecule has 0 spiro atoms. The lowest BCUT2D eigenvalue weighted by molar-refractivity contribution is -0.138. The third-order valence-electron chi connectivity index (χ3n) is 1.04. The fraction of sp³-hybridized carbons (Fsp3) is 0.571. The Hall–Kier alpha value is -1.01. The lowest BCUT2D eigenvalue weighted by Gasteiger charge is -2.03. The summed E-state index contributed by atoms with van der Waals surface area (Å²) < 4.78 is 0. The summed E-state index contributed by atoms with van der Waals surface area (Å²) in [6.07, 6.45) is 0. The van der Waals surface area contributed by atoms with Crippen molar-refractivity contribution in [2.75, 3.05) is 6.54 Å². The van der Waals surface area contributed by atoms with E-state index in [0.29, 0.717) is 6.54 Å². The van der Waals surface area contributed by atoms with Gasteiger partial charge in [0.2, 0.25) is 0 Å². The Labute approximate surface area is 60.4 Å². The molecule has 1 atom stereocenters. The van der Waals surface area contributed by atoms with Gasteiger partial charge in [0.05, 0.1) is 6.54 Å². The smallest absolute Gasteiger partial charge is 0.320 e. The number of rotatable bonds is 3. The van der Waals surface area contributed by atoms with Crippen molar-refractivity contribution in [1.29, 1.82) is 0 Å². The number of carbonyl (C=O) groups is 1. The molecule has 10 heavy (non-hydrogen) atoms. The van der Waals surface area contributed by atoms with Crippen LogP contribution >= 0.6 is 0 Å². The Kier molecular flexibility index (Phi) is 4.34. The Bertz CT molecular complexity index is 166. The maximum Gasteiger partial charge on any atom is 0.320 e. The molecule has 0 aliphatic heterocycles. The second-order valence-electron chi connectivity index (χ2n) is 1.87. The molecule has 0 rings (SSSR count). The van der Waals surface area contributed by atoms with Crippen LogP contribution in [-0.2, 0) is 4.79 Å². The van der Waals surface area contributed by atoms with Gasteiger partial charge in [0.1, 0.15) is 6.04 Å². The summed E-state index contributed by atoms with van der Waals surface area (Å²) in [5, 5.41) is 11.1. The fourth-order valence-electron chi connectivity index (χ4n) is 0.380. The summed E-state index contributed by atoms with van der Waals surface area (Å²) >= 11 is 0. The third-order valence-corrected chi connectivity index (χ3v) is 1.04. The topological polar surface area (TPSA) is 49.3 Å². The van der Waals surface area contributed by atoms with E-state index in [-0.39, 0.29) is 0 Å². The predicted octanol–water partition coefficient (Wildman–Crippen LogP) is 0.0724. The number of hydrogen-bond donors (Lipinski definition) is 2. The molecule has 0 heterocycles. The highest BCUT2D eigenvalue weighted by molar-refractivity contribution is 5.72. The minimum absolute atomic E-state index is 0.434. The number of nitrogens with one attached hydrogen (secondary N) is 1. The molecule has 0 saturated carbocycles. The van der Waals surface area contributed by atoms with E-state index in [1.54, 1.807) is 13.8 Å². The standard InChI is InChI=1S/C7H11NO2/c1-3-4-5-8-6(2)7(9)10/h6,8H,5H2,1-2H3,(H,9,10). The molecule has 3 heteroatoms. The first-order valence-corrected chi connectivity index (χ1v) is 3.04. The van der Waals surface area contributed by atoms with E-state index >= 15 is 0 Å². The molecule has 1 unspecified atom stereocenters. The van der Waals surface area contributed by atoms with Gasteiger partial charge in [-0.25, -0.2) is 0 Å².